The fourth-order valence-corrected chi connectivity index (χ4v) is 3.48. The van der Waals surface area contributed by atoms with E-state index < -0.39 is 0 Å². The average Bonchev–Trinajstić information content (AvgIpc) is 2.66. The summed E-state index contributed by atoms with van der Waals surface area (Å²) in [5, 5.41) is 0. The van der Waals surface area contributed by atoms with Crippen LogP contribution >= 0.6 is 0 Å². The van der Waals surface area contributed by atoms with Crippen LogP contribution in [0.2, 0.25) is 0 Å². The maximum absolute atomic E-state index is 2.32. The van der Waals surface area contributed by atoms with Crippen LogP contribution in [0.25, 0.3) is 0 Å². The van der Waals surface area contributed by atoms with Crippen LogP contribution in [-0.4, -0.2) is 0 Å². The van der Waals surface area contributed by atoms with E-state index in [0.717, 1.165) is 6.54 Å². The van der Waals surface area contributed by atoms with Crippen LogP contribution in [0.4, 0.5) is 0 Å². The number of nitrogens with zero attached hydrogens (tertiary/aromatic N) is 1. The molecule has 0 saturated heterocycles. The number of unbranched alkanes of at least 4 members (excludes halogenated alkanes) is 9. The summed E-state index contributed by atoms with van der Waals surface area (Å²) in [7, 11) is 0. The third-order valence-electron chi connectivity index (χ3n) is 5.26. The van der Waals surface area contributed by atoms with Crippen molar-refractivity contribution in [2.24, 2.45) is 0 Å². The van der Waals surface area contributed by atoms with Gasteiger partial charge in [0.05, 0.1) is 0 Å². The van der Waals surface area contributed by atoms with E-state index in [1.165, 1.54) is 87.3 Å². The number of halogens is 1. The largest absolute Gasteiger partial charge is 1.00 e. The Bertz CT molecular complexity index is 589. The molecule has 0 spiro atoms. The molecule has 1 heterocycles. The summed E-state index contributed by atoms with van der Waals surface area (Å²) in [5.41, 5.74) is 4.18. The summed E-state index contributed by atoms with van der Waals surface area (Å²) in [6.07, 6.45) is 19.7. The van der Waals surface area contributed by atoms with E-state index in [9.17, 15) is 0 Å². The number of aromatic nitrogens is 1. The van der Waals surface area contributed by atoms with Crippen molar-refractivity contribution in [2.45, 2.75) is 91.0 Å². The molecule has 2 heteroatoms. The molecular weight excluding hydrogens is 350 g/mol. The first-order chi connectivity index (χ1) is 12.8. The average molecular weight is 388 g/mol. The van der Waals surface area contributed by atoms with Crippen molar-refractivity contribution < 1.29 is 17.0 Å². The normalized spacial score (nSPS) is 10.6. The lowest BCUT2D eigenvalue weighted by Gasteiger charge is -2.04. The van der Waals surface area contributed by atoms with Crippen molar-refractivity contribution in [1.82, 2.24) is 0 Å². The standard InChI is InChI=1S/C25H38N.ClH/c1-3-4-5-6-7-8-9-10-11-12-13-24-14-16-25(17-15-24)22-26-20-18-23(2)19-21-26;/h14-21H,3-13,22H2,1-2H3;1H/q+1;/p-1. The Morgan fingerprint density at radius 2 is 1.11 bits per heavy atom. The molecule has 1 aromatic carbocycles. The maximum atomic E-state index is 2.32. The Morgan fingerprint density at radius 3 is 1.67 bits per heavy atom. The van der Waals surface area contributed by atoms with Gasteiger partial charge in [0.2, 0.25) is 0 Å². The molecule has 0 saturated carbocycles. The first-order valence-electron chi connectivity index (χ1n) is 10.8. The third-order valence-corrected chi connectivity index (χ3v) is 5.26. The van der Waals surface area contributed by atoms with Crippen molar-refractivity contribution in [2.75, 3.05) is 0 Å². The first kappa shape index (κ1) is 23.7. The number of pyridine rings is 1. The van der Waals surface area contributed by atoms with Crippen LogP contribution in [0.15, 0.2) is 48.8 Å². The monoisotopic (exact) mass is 387 g/mol. The molecule has 0 bridgehead atoms. The molecule has 0 N–H and O–H groups in total. The quantitative estimate of drug-likeness (QED) is 0.363. The number of aryl methyl sites for hydroxylation is 2. The number of hydrogen-bond acceptors (Lipinski definition) is 0. The van der Waals surface area contributed by atoms with Crippen molar-refractivity contribution in [1.29, 1.82) is 0 Å². The number of rotatable bonds is 13. The number of hydrogen-bond donors (Lipinski definition) is 0. The van der Waals surface area contributed by atoms with E-state index in [-0.39, 0.29) is 12.4 Å². The highest BCUT2D eigenvalue weighted by Crippen LogP contribution is 2.13. The minimum atomic E-state index is 0. The summed E-state index contributed by atoms with van der Waals surface area (Å²) in [4.78, 5) is 0. The highest BCUT2D eigenvalue weighted by molar-refractivity contribution is 5.22. The topological polar surface area (TPSA) is 3.88 Å². The Morgan fingerprint density at radius 1 is 0.630 bits per heavy atom. The van der Waals surface area contributed by atoms with Gasteiger partial charge in [-0.2, -0.15) is 0 Å². The molecule has 0 aliphatic rings. The minimum absolute atomic E-state index is 0. The van der Waals surface area contributed by atoms with Gasteiger partial charge in [0.1, 0.15) is 0 Å². The summed E-state index contributed by atoms with van der Waals surface area (Å²) < 4.78 is 2.24. The van der Waals surface area contributed by atoms with Crippen molar-refractivity contribution in [3.63, 3.8) is 0 Å². The molecule has 0 radical (unpaired) electrons. The summed E-state index contributed by atoms with van der Waals surface area (Å²) in [6.45, 7) is 5.38. The van der Waals surface area contributed by atoms with Crippen LogP contribution in [0.1, 0.15) is 87.8 Å². The van der Waals surface area contributed by atoms with E-state index in [2.05, 4.69) is 67.2 Å². The second kappa shape index (κ2) is 14.7. The van der Waals surface area contributed by atoms with Crippen LogP contribution in [-0.2, 0) is 13.0 Å². The molecule has 0 aliphatic carbocycles. The van der Waals surface area contributed by atoms with Gasteiger partial charge < -0.3 is 12.4 Å². The molecule has 0 fully saturated rings. The zero-order valence-electron chi connectivity index (χ0n) is 17.4. The molecular formula is C25H38ClN. The molecule has 27 heavy (non-hydrogen) atoms. The van der Waals surface area contributed by atoms with E-state index in [0.29, 0.717) is 0 Å². The van der Waals surface area contributed by atoms with Crippen LogP contribution < -0.4 is 17.0 Å². The Hall–Kier alpha value is -1.34. The molecule has 0 unspecified atom stereocenters. The Balaban J connectivity index is 0.00000364. The third kappa shape index (κ3) is 10.5. The summed E-state index contributed by atoms with van der Waals surface area (Å²) >= 11 is 0. The lowest BCUT2D eigenvalue weighted by Crippen LogP contribution is -3.00. The van der Waals surface area contributed by atoms with Gasteiger partial charge in [-0.15, -0.1) is 0 Å². The van der Waals surface area contributed by atoms with E-state index >= 15 is 0 Å². The zero-order valence-corrected chi connectivity index (χ0v) is 18.2. The first-order valence-corrected chi connectivity index (χ1v) is 10.8. The van der Waals surface area contributed by atoms with Gasteiger partial charge in [0, 0.05) is 17.7 Å². The van der Waals surface area contributed by atoms with Crippen LogP contribution in [0.3, 0.4) is 0 Å². The predicted molar refractivity (Wildman–Crippen MR) is 112 cm³/mol. The van der Waals surface area contributed by atoms with Gasteiger partial charge in [-0.3, -0.25) is 0 Å². The Kier molecular flexibility index (Phi) is 12.9. The molecule has 150 valence electrons. The summed E-state index contributed by atoms with van der Waals surface area (Å²) in [5.74, 6) is 0. The van der Waals surface area contributed by atoms with E-state index in [1.54, 1.807) is 0 Å². The van der Waals surface area contributed by atoms with Gasteiger partial charge in [0.25, 0.3) is 0 Å². The van der Waals surface area contributed by atoms with Gasteiger partial charge >= 0.3 is 0 Å². The second-order valence-electron chi connectivity index (χ2n) is 7.80. The second-order valence-corrected chi connectivity index (χ2v) is 7.80. The zero-order chi connectivity index (χ0) is 18.5. The lowest BCUT2D eigenvalue weighted by atomic mass is 10.0. The van der Waals surface area contributed by atoms with Gasteiger partial charge in [-0.1, -0.05) is 89.0 Å². The molecule has 0 atom stereocenters. The molecule has 2 rings (SSSR count). The van der Waals surface area contributed by atoms with Gasteiger partial charge in [-0.25, -0.2) is 4.57 Å². The molecule has 0 aliphatic heterocycles. The van der Waals surface area contributed by atoms with Crippen LogP contribution in [0, 0.1) is 6.92 Å². The maximum Gasteiger partial charge on any atom is 0.173 e. The fourth-order valence-electron chi connectivity index (χ4n) is 3.48. The highest BCUT2D eigenvalue weighted by atomic mass is 35.5. The molecule has 1 nitrogen and oxygen atoms in total. The molecule has 1 aromatic heterocycles. The minimum Gasteiger partial charge on any atom is -1.00 e. The predicted octanol–water partition coefficient (Wildman–Crippen LogP) is 3.80. The summed E-state index contributed by atoms with van der Waals surface area (Å²) in [6, 6.07) is 13.5. The lowest BCUT2D eigenvalue weighted by molar-refractivity contribution is -0.688. The SMILES string of the molecule is CCCCCCCCCCCCc1ccc(C[n+]2ccc(C)cc2)cc1.[Cl-]. The van der Waals surface area contributed by atoms with Gasteiger partial charge in [0.15, 0.2) is 18.9 Å². The number of benzene rings is 1. The smallest absolute Gasteiger partial charge is 0.173 e. The van der Waals surface area contributed by atoms with E-state index in [1.807, 2.05) is 0 Å². The fraction of sp³-hybridized carbons (Fsp3) is 0.560. The molecule has 0 amide bonds. The van der Waals surface area contributed by atoms with Crippen molar-refractivity contribution >= 4 is 0 Å². The van der Waals surface area contributed by atoms with Crippen LogP contribution in [0.5, 0.6) is 0 Å². The van der Waals surface area contributed by atoms with Gasteiger partial charge in [-0.05, 0) is 30.9 Å². The Labute approximate surface area is 173 Å². The van der Waals surface area contributed by atoms with Crippen molar-refractivity contribution in [3.8, 4) is 0 Å². The molecule has 2 aromatic rings. The highest BCUT2D eigenvalue weighted by Gasteiger charge is 2.02. The van der Waals surface area contributed by atoms with E-state index in [4.69, 9.17) is 0 Å². The van der Waals surface area contributed by atoms with Crippen molar-refractivity contribution in [3.05, 3.63) is 65.5 Å².